The standard InChI is InChI=1S/C11H8N2O4/c14-9-6-3-7(6)10(15)13(9)5-1-2-8(11(16)17)12-4-5/h1-2,4,6-7H,3H2,(H,16,17). The average Bonchev–Trinajstić information content (AvgIpc) is 3.05. The van der Waals surface area contributed by atoms with Crippen LogP contribution in [-0.4, -0.2) is 27.9 Å². The average molecular weight is 232 g/mol. The van der Waals surface area contributed by atoms with Crippen molar-refractivity contribution in [2.75, 3.05) is 4.90 Å². The lowest BCUT2D eigenvalue weighted by atomic mass is 10.3. The van der Waals surface area contributed by atoms with Crippen molar-refractivity contribution in [2.24, 2.45) is 11.8 Å². The number of imide groups is 1. The first kappa shape index (κ1) is 9.95. The molecule has 86 valence electrons. The summed E-state index contributed by atoms with van der Waals surface area (Å²) in [6.45, 7) is 0. The number of anilines is 1. The molecule has 1 aliphatic carbocycles. The number of fused-ring (bicyclic) bond motifs is 1. The van der Waals surface area contributed by atoms with Gasteiger partial charge in [0, 0.05) is 0 Å². The predicted octanol–water partition coefficient (Wildman–Crippen LogP) is 0.289. The molecule has 2 unspecified atom stereocenters. The molecule has 6 nitrogen and oxygen atoms in total. The quantitative estimate of drug-likeness (QED) is 0.740. The highest BCUT2D eigenvalue weighted by Crippen LogP contribution is 2.48. The molecule has 17 heavy (non-hydrogen) atoms. The van der Waals surface area contributed by atoms with E-state index in [1.54, 1.807) is 0 Å². The maximum atomic E-state index is 11.7. The summed E-state index contributed by atoms with van der Waals surface area (Å²) in [6, 6.07) is 2.71. The van der Waals surface area contributed by atoms with E-state index in [0.29, 0.717) is 12.1 Å². The van der Waals surface area contributed by atoms with Crippen molar-refractivity contribution in [3.63, 3.8) is 0 Å². The Morgan fingerprint density at radius 2 is 1.94 bits per heavy atom. The molecule has 2 fully saturated rings. The van der Waals surface area contributed by atoms with Gasteiger partial charge in [0.15, 0.2) is 0 Å². The molecule has 0 radical (unpaired) electrons. The summed E-state index contributed by atoms with van der Waals surface area (Å²) in [5.41, 5.74) is 0.232. The van der Waals surface area contributed by atoms with E-state index in [-0.39, 0.29) is 29.3 Å². The van der Waals surface area contributed by atoms with Crippen LogP contribution in [0.3, 0.4) is 0 Å². The van der Waals surface area contributed by atoms with E-state index < -0.39 is 5.97 Å². The Morgan fingerprint density at radius 3 is 2.41 bits per heavy atom. The third kappa shape index (κ3) is 1.33. The Labute approximate surface area is 95.9 Å². The first-order chi connectivity index (χ1) is 8.09. The number of aromatic nitrogens is 1. The molecule has 0 bridgehead atoms. The van der Waals surface area contributed by atoms with Gasteiger partial charge in [0.05, 0.1) is 23.7 Å². The second-order valence-corrected chi connectivity index (χ2v) is 4.17. The van der Waals surface area contributed by atoms with Gasteiger partial charge in [-0.15, -0.1) is 0 Å². The van der Waals surface area contributed by atoms with Gasteiger partial charge in [-0.2, -0.15) is 0 Å². The van der Waals surface area contributed by atoms with Crippen LogP contribution in [0, 0.1) is 11.8 Å². The molecule has 1 aromatic heterocycles. The van der Waals surface area contributed by atoms with E-state index in [1.165, 1.54) is 18.3 Å². The second-order valence-electron chi connectivity index (χ2n) is 4.17. The van der Waals surface area contributed by atoms with Crippen LogP contribution in [0.15, 0.2) is 18.3 Å². The van der Waals surface area contributed by atoms with E-state index >= 15 is 0 Å². The number of carboxylic acids is 1. The minimum atomic E-state index is -1.14. The molecule has 2 atom stereocenters. The fraction of sp³-hybridized carbons (Fsp3) is 0.273. The summed E-state index contributed by atoms with van der Waals surface area (Å²) in [4.78, 5) is 38.9. The van der Waals surface area contributed by atoms with Crippen molar-refractivity contribution in [2.45, 2.75) is 6.42 Å². The van der Waals surface area contributed by atoms with Gasteiger partial charge in [0.1, 0.15) is 5.69 Å². The van der Waals surface area contributed by atoms with Crippen molar-refractivity contribution in [3.8, 4) is 0 Å². The summed E-state index contributed by atoms with van der Waals surface area (Å²) < 4.78 is 0. The minimum Gasteiger partial charge on any atom is -0.477 e. The molecule has 0 spiro atoms. The van der Waals surface area contributed by atoms with Crippen LogP contribution in [0.4, 0.5) is 5.69 Å². The van der Waals surface area contributed by atoms with Crippen molar-refractivity contribution in [1.82, 2.24) is 4.98 Å². The molecule has 2 amide bonds. The van der Waals surface area contributed by atoms with Crippen molar-refractivity contribution in [3.05, 3.63) is 24.0 Å². The predicted molar refractivity (Wildman–Crippen MR) is 55.3 cm³/mol. The Hall–Kier alpha value is -2.24. The number of carboxylic acid groups (broad SMARTS) is 1. The summed E-state index contributed by atoms with van der Waals surface area (Å²) in [5, 5.41) is 8.68. The SMILES string of the molecule is O=C(O)c1ccc(N2C(=O)C3CC3C2=O)cn1. The molecular formula is C11H8N2O4. The van der Waals surface area contributed by atoms with Crippen molar-refractivity contribution < 1.29 is 19.5 Å². The lowest BCUT2D eigenvalue weighted by Crippen LogP contribution is -2.32. The molecule has 6 heteroatoms. The summed E-state index contributed by atoms with van der Waals surface area (Å²) in [6.07, 6.45) is 1.89. The minimum absolute atomic E-state index is 0.113. The molecule has 2 aliphatic rings. The smallest absolute Gasteiger partial charge is 0.354 e. The number of amides is 2. The monoisotopic (exact) mass is 232 g/mol. The van der Waals surface area contributed by atoms with E-state index in [1.807, 2.05) is 0 Å². The maximum Gasteiger partial charge on any atom is 0.354 e. The first-order valence-electron chi connectivity index (χ1n) is 5.17. The van der Waals surface area contributed by atoms with Gasteiger partial charge in [-0.1, -0.05) is 0 Å². The number of hydrogen-bond acceptors (Lipinski definition) is 4. The van der Waals surface area contributed by atoms with E-state index in [2.05, 4.69) is 4.98 Å². The number of nitrogens with zero attached hydrogens (tertiary/aromatic N) is 2. The van der Waals surface area contributed by atoms with Crippen LogP contribution in [0.1, 0.15) is 16.9 Å². The fourth-order valence-electron chi connectivity index (χ4n) is 2.08. The topological polar surface area (TPSA) is 87.6 Å². The van der Waals surface area contributed by atoms with E-state index in [0.717, 1.165) is 4.90 Å². The highest BCUT2D eigenvalue weighted by atomic mass is 16.4. The summed E-state index contributed by atoms with van der Waals surface area (Å²) in [7, 11) is 0. The third-order valence-electron chi connectivity index (χ3n) is 3.09. The van der Waals surface area contributed by atoms with Gasteiger partial charge in [0.25, 0.3) is 0 Å². The van der Waals surface area contributed by atoms with Crippen LogP contribution in [-0.2, 0) is 9.59 Å². The molecule has 1 N–H and O–H groups in total. The highest BCUT2D eigenvalue weighted by Gasteiger charge is 2.59. The zero-order valence-corrected chi connectivity index (χ0v) is 8.66. The third-order valence-corrected chi connectivity index (χ3v) is 3.09. The molecule has 1 aliphatic heterocycles. The van der Waals surface area contributed by atoms with Gasteiger partial charge in [-0.05, 0) is 18.6 Å². The molecule has 3 rings (SSSR count). The van der Waals surface area contributed by atoms with Crippen LogP contribution in [0.25, 0.3) is 0 Å². The van der Waals surface area contributed by atoms with Crippen LogP contribution in [0.2, 0.25) is 0 Å². The molecule has 0 aromatic carbocycles. The van der Waals surface area contributed by atoms with Crippen molar-refractivity contribution >= 4 is 23.5 Å². The maximum absolute atomic E-state index is 11.7. The lowest BCUT2D eigenvalue weighted by molar-refractivity contribution is -0.123. The van der Waals surface area contributed by atoms with Gasteiger partial charge < -0.3 is 5.11 Å². The zero-order valence-electron chi connectivity index (χ0n) is 8.66. The second kappa shape index (κ2) is 3.13. The summed E-state index contributed by atoms with van der Waals surface area (Å²) in [5.74, 6) is -1.88. The van der Waals surface area contributed by atoms with Gasteiger partial charge in [-0.25, -0.2) is 14.7 Å². The largest absolute Gasteiger partial charge is 0.477 e. The molecule has 2 heterocycles. The first-order valence-corrected chi connectivity index (χ1v) is 5.17. The highest BCUT2D eigenvalue weighted by molar-refractivity contribution is 6.24. The number of rotatable bonds is 2. The number of piperidine rings is 1. The molecule has 1 saturated carbocycles. The van der Waals surface area contributed by atoms with Crippen molar-refractivity contribution in [1.29, 1.82) is 0 Å². The zero-order chi connectivity index (χ0) is 12.2. The van der Waals surface area contributed by atoms with E-state index in [4.69, 9.17) is 5.11 Å². The molecular weight excluding hydrogens is 224 g/mol. The number of carbonyl (C=O) groups is 3. The van der Waals surface area contributed by atoms with Crippen LogP contribution < -0.4 is 4.90 Å². The molecule has 1 aromatic rings. The lowest BCUT2D eigenvalue weighted by Gasteiger charge is -2.15. The van der Waals surface area contributed by atoms with Gasteiger partial charge in [-0.3, -0.25) is 9.59 Å². The number of aromatic carboxylic acids is 1. The Morgan fingerprint density at radius 1 is 1.29 bits per heavy atom. The van der Waals surface area contributed by atoms with Gasteiger partial charge in [0.2, 0.25) is 11.8 Å². The number of pyridine rings is 1. The van der Waals surface area contributed by atoms with Crippen LogP contribution >= 0.6 is 0 Å². The number of hydrogen-bond donors (Lipinski definition) is 1. The van der Waals surface area contributed by atoms with Gasteiger partial charge >= 0.3 is 5.97 Å². The Bertz CT molecular complexity index is 517. The normalized spacial score (nSPS) is 26.0. The Balaban J connectivity index is 1.92. The Kier molecular flexibility index (Phi) is 1.83. The molecule has 1 saturated heterocycles. The number of carbonyl (C=O) groups excluding carboxylic acids is 2. The van der Waals surface area contributed by atoms with E-state index in [9.17, 15) is 14.4 Å². The summed E-state index contributed by atoms with van der Waals surface area (Å²) >= 11 is 0. The fourth-order valence-corrected chi connectivity index (χ4v) is 2.08. The van der Waals surface area contributed by atoms with Crippen LogP contribution in [0.5, 0.6) is 0 Å².